The Morgan fingerprint density at radius 1 is 1.00 bits per heavy atom. The van der Waals surface area contributed by atoms with Crippen LogP contribution in [0.15, 0.2) is 18.3 Å². The summed E-state index contributed by atoms with van der Waals surface area (Å²) in [5.74, 6) is -0.480. The number of aromatic nitrogens is 1. The molecule has 1 aromatic rings. The molecule has 1 heterocycles. The van der Waals surface area contributed by atoms with E-state index in [0.717, 1.165) is 37.8 Å². The van der Waals surface area contributed by atoms with E-state index in [1.165, 1.54) is 25.5 Å². The van der Waals surface area contributed by atoms with Gasteiger partial charge in [-0.3, -0.25) is 9.78 Å². The van der Waals surface area contributed by atoms with Gasteiger partial charge in [0.1, 0.15) is 5.75 Å². The summed E-state index contributed by atoms with van der Waals surface area (Å²) in [6.07, 6.45) is 10.4. The highest BCUT2D eigenvalue weighted by Gasteiger charge is 1.98. The summed E-state index contributed by atoms with van der Waals surface area (Å²) in [6.45, 7) is 0. The maximum absolute atomic E-state index is 10.3. The number of aromatic hydroxyl groups is 1. The Kier molecular flexibility index (Phi) is 7.63. The van der Waals surface area contributed by atoms with Crippen molar-refractivity contribution in [3.8, 4) is 5.75 Å². The average Bonchev–Trinajstić information content (AvgIpc) is 2.38. The fourth-order valence-electron chi connectivity index (χ4n) is 2.03. The zero-order valence-corrected chi connectivity index (χ0v) is 11.3. The number of carboxylic acid groups (broad SMARTS) is 1. The highest BCUT2D eigenvalue weighted by atomic mass is 16.4. The van der Waals surface area contributed by atoms with E-state index in [2.05, 4.69) is 4.98 Å². The number of aliphatic carboxylic acids is 1. The summed E-state index contributed by atoms with van der Waals surface area (Å²) < 4.78 is 0. The van der Waals surface area contributed by atoms with Crippen LogP contribution in [0.25, 0.3) is 0 Å². The number of nitrogens with zero attached hydrogens (tertiary/aromatic N) is 1. The van der Waals surface area contributed by atoms with Gasteiger partial charge in [-0.2, -0.15) is 0 Å². The molecule has 0 fully saturated rings. The molecule has 0 aliphatic rings. The van der Waals surface area contributed by atoms with Crippen LogP contribution in [-0.2, 0) is 11.2 Å². The highest BCUT2D eigenvalue weighted by molar-refractivity contribution is 5.66. The Labute approximate surface area is 114 Å². The van der Waals surface area contributed by atoms with E-state index in [1.807, 2.05) is 6.07 Å². The summed E-state index contributed by atoms with van der Waals surface area (Å²) in [5.41, 5.74) is 1.03. The van der Waals surface area contributed by atoms with Crippen molar-refractivity contribution in [3.63, 3.8) is 0 Å². The quantitative estimate of drug-likeness (QED) is 0.635. The monoisotopic (exact) mass is 265 g/mol. The third-order valence-corrected chi connectivity index (χ3v) is 3.13. The summed E-state index contributed by atoms with van der Waals surface area (Å²) in [6, 6.07) is 3.53. The van der Waals surface area contributed by atoms with Crippen molar-refractivity contribution in [2.24, 2.45) is 0 Å². The van der Waals surface area contributed by atoms with Gasteiger partial charge in [0.05, 0.1) is 6.20 Å². The molecule has 0 aliphatic carbocycles. The van der Waals surface area contributed by atoms with Crippen LogP contribution in [0, 0.1) is 0 Å². The van der Waals surface area contributed by atoms with Crippen LogP contribution in [0.3, 0.4) is 0 Å². The number of carboxylic acids is 1. The first-order chi connectivity index (χ1) is 9.18. The largest absolute Gasteiger partial charge is 0.506 e. The zero-order valence-electron chi connectivity index (χ0n) is 11.3. The first-order valence-electron chi connectivity index (χ1n) is 7.04. The Hall–Kier alpha value is -1.58. The van der Waals surface area contributed by atoms with E-state index >= 15 is 0 Å². The number of rotatable bonds is 10. The summed E-state index contributed by atoms with van der Waals surface area (Å²) >= 11 is 0. The van der Waals surface area contributed by atoms with Crippen LogP contribution in [0.1, 0.15) is 57.1 Å². The first-order valence-corrected chi connectivity index (χ1v) is 7.04. The average molecular weight is 265 g/mol. The van der Waals surface area contributed by atoms with Crippen LogP contribution in [0.5, 0.6) is 5.75 Å². The van der Waals surface area contributed by atoms with Gasteiger partial charge in [-0.15, -0.1) is 0 Å². The molecular formula is C15H23NO3. The number of pyridine rings is 1. The Morgan fingerprint density at radius 2 is 1.63 bits per heavy atom. The summed E-state index contributed by atoms with van der Waals surface area (Å²) in [7, 11) is 0. The lowest BCUT2D eigenvalue weighted by Crippen LogP contribution is -1.93. The second kappa shape index (κ2) is 9.36. The maximum Gasteiger partial charge on any atom is 0.303 e. The maximum atomic E-state index is 10.3. The molecule has 19 heavy (non-hydrogen) atoms. The summed E-state index contributed by atoms with van der Waals surface area (Å²) in [5, 5.41) is 17.6. The SMILES string of the molecule is O=C(O)CCCCCCCCCc1ccc(O)cn1. The second-order valence-corrected chi connectivity index (χ2v) is 4.88. The van der Waals surface area contributed by atoms with Crippen LogP contribution < -0.4 is 0 Å². The number of hydrogen-bond donors (Lipinski definition) is 2. The van der Waals surface area contributed by atoms with Crippen molar-refractivity contribution in [1.29, 1.82) is 0 Å². The summed E-state index contributed by atoms with van der Waals surface area (Å²) in [4.78, 5) is 14.5. The minimum absolute atomic E-state index is 0.213. The molecule has 0 unspecified atom stereocenters. The molecule has 1 rings (SSSR count). The number of hydrogen-bond acceptors (Lipinski definition) is 3. The number of aryl methyl sites for hydroxylation is 1. The van der Waals surface area contributed by atoms with Gasteiger partial charge in [-0.05, 0) is 31.4 Å². The number of unbranched alkanes of at least 4 members (excludes halogenated alkanes) is 6. The molecule has 0 radical (unpaired) electrons. The molecule has 0 saturated heterocycles. The van der Waals surface area contributed by atoms with Gasteiger partial charge in [0.2, 0.25) is 0 Å². The Balaban J connectivity index is 1.91. The van der Waals surface area contributed by atoms with Gasteiger partial charge in [-0.25, -0.2) is 0 Å². The van der Waals surface area contributed by atoms with Crippen LogP contribution in [-0.4, -0.2) is 21.2 Å². The highest BCUT2D eigenvalue weighted by Crippen LogP contribution is 2.12. The van der Waals surface area contributed by atoms with E-state index in [-0.39, 0.29) is 5.75 Å². The van der Waals surface area contributed by atoms with Crippen molar-refractivity contribution < 1.29 is 15.0 Å². The topological polar surface area (TPSA) is 70.4 Å². The van der Waals surface area contributed by atoms with Crippen molar-refractivity contribution in [2.75, 3.05) is 0 Å². The van der Waals surface area contributed by atoms with Crippen molar-refractivity contribution in [3.05, 3.63) is 24.0 Å². The van der Waals surface area contributed by atoms with Gasteiger partial charge in [-0.1, -0.05) is 32.1 Å². The van der Waals surface area contributed by atoms with Gasteiger partial charge < -0.3 is 10.2 Å². The Bertz CT molecular complexity index is 362. The molecule has 2 N–H and O–H groups in total. The molecule has 0 saturated carbocycles. The zero-order chi connectivity index (χ0) is 13.9. The lowest BCUT2D eigenvalue weighted by Gasteiger charge is -2.02. The van der Waals surface area contributed by atoms with Crippen molar-refractivity contribution in [1.82, 2.24) is 4.98 Å². The molecule has 106 valence electrons. The third-order valence-electron chi connectivity index (χ3n) is 3.13. The molecule has 4 nitrogen and oxygen atoms in total. The lowest BCUT2D eigenvalue weighted by molar-refractivity contribution is -0.137. The minimum atomic E-state index is -0.693. The van der Waals surface area contributed by atoms with E-state index in [0.29, 0.717) is 6.42 Å². The van der Waals surface area contributed by atoms with E-state index < -0.39 is 5.97 Å². The minimum Gasteiger partial charge on any atom is -0.506 e. The predicted octanol–water partition coefficient (Wildman–Crippen LogP) is 3.54. The van der Waals surface area contributed by atoms with Crippen molar-refractivity contribution >= 4 is 5.97 Å². The molecule has 4 heteroatoms. The lowest BCUT2D eigenvalue weighted by atomic mass is 10.1. The van der Waals surface area contributed by atoms with Crippen LogP contribution in [0.2, 0.25) is 0 Å². The molecule has 1 aromatic heterocycles. The van der Waals surface area contributed by atoms with Crippen LogP contribution >= 0.6 is 0 Å². The predicted molar refractivity (Wildman–Crippen MR) is 74.2 cm³/mol. The van der Waals surface area contributed by atoms with E-state index in [1.54, 1.807) is 6.07 Å². The molecule has 0 spiro atoms. The van der Waals surface area contributed by atoms with E-state index in [4.69, 9.17) is 10.2 Å². The second-order valence-electron chi connectivity index (χ2n) is 4.88. The van der Waals surface area contributed by atoms with Gasteiger partial charge >= 0.3 is 5.97 Å². The molecule has 0 bridgehead atoms. The fourth-order valence-corrected chi connectivity index (χ4v) is 2.03. The van der Waals surface area contributed by atoms with Gasteiger partial charge in [0.25, 0.3) is 0 Å². The normalized spacial score (nSPS) is 10.5. The molecule has 0 aromatic carbocycles. The molecular weight excluding hydrogens is 242 g/mol. The standard InChI is InChI=1S/C15H23NO3/c17-14-11-10-13(16-12-14)8-6-4-2-1-3-5-7-9-15(18)19/h10-12,17H,1-9H2,(H,18,19). The Morgan fingerprint density at radius 3 is 2.21 bits per heavy atom. The number of carbonyl (C=O) groups is 1. The van der Waals surface area contributed by atoms with E-state index in [9.17, 15) is 4.79 Å². The van der Waals surface area contributed by atoms with Crippen molar-refractivity contribution in [2.45, 2.75) is 57.8 Å². The van der Waals surface area contributed by atoms with Gasteiger partial charge in [0, 0.05) is 12.1 Å². The fraction of sp³-hybridized carbons (Fsp3) is 0.600. The van der Waals surface area contributed by atoms with Crippen LogP contribution in [0.4, 0.5) is 0 Å². The smallest absolute Gasteiger partial charge is 0.303 e. The van der Waals surface area contributed by atoms with Gasteiger partial charge in [0.15, 0.2) is 0 Å². The third kappa shape index (κ3) is 8.19. The molecule has 0 atom stereocenters. The first kappa shape index (κ1) is 15.5. The molecule has 0 aliphatic heterocycles. The molecule has 0 amide bonds.